The van der Waals surface area contributed by atoms with Crippen molar-refractivity contribution in [2.24, 2.45) is 0 Å². The van der Waals surface area contributed by atoms with Crippen LogP contribution in [-0.2, 0) is 4.79 Å². The molecule has 0 bridgehead atoms. The van der Waals surface area contributed by atoms with Crippen LogP contribution in [0.1, 0.15) is 71.1 Å². The van der Waals surface area contributed by atoms with E-state index in [0.29, 0.717) is 18.4 Å². The van der Waals surface area contributed by atoms with Gasteiger partial charge in [0.05, 0.1) is 0 Å². The predicted molar refractivity (Wildman–Crippen MR) is 79.1 cm³/mol. The van der Waals surface area contributed by atoms with Gasteiger partial charge in [0.1, 0.15) is 0 Å². The van der Waals surface area contributed by atoms with Crippen LogP contribution in [0.15, 0.2) is 0 Å². The molecule has 0 aromatic rings. The van der Waals surface area contributed by atoms with Gasteiger partial charge < -0.3 is 10.2 Å². The standard InChI is InChI=1S/C16H30N2O/c1-3-18(14-9-5-6-10-14)15(19)13-16(17-2)11-7-4-8-12-16/h14,17H,3-13H2,1-2H3. The largest absolute Gasteiger partial charge is 0.340 e. The van der Waals surface area contributed by atoms with Crippen molar-refractivity contribution in [3.63, 3.8) is 0 Å². The van der Waals surface area contributed by atoms with E-state index in [1.165, 1.54) is 44.9 Å². The van der Waals surface area contributed by atoms with Gasteiger partial charge in [0.15, 0.2) is 0 Å². The first-order valence-corrected chi connectivity index (χ1v) is 8.19. The van der Waals surface area contributed by atoms with Crippen LogP contribution in [-0.4, -0.2) is 36.0 Å². The highest BCUT2D eigenvalue weighted by Crippen LogP contribution is 2.32. The molecule has 0 aromatic heterocycles. The summed E-state index contributed by atoms with van der Waals surface area (Å²) in [5, 5.41) is 3.47. The fourth-order valence-corrected chi connectivity index (χ4v) is 3.99. The minimum Gasteiger partial charge on any atom is -0.340 e. The van der Waals surface area contributed by atoms with Crippen molar-refractivity contribution >= 4 is 5.91 Å². The lowest BCUT2D eigenvalue weighted by atomic mass is 9.79. The van der Waals surface area contributed by atoms with Crippen LogP contribution in [0.4, 0.5) is 0 Å². The molecule has 110 valence electrons. The average molecular weight is 266 g/mol. The zero-order chi connectivity index (χ0) is 13.7. The molecule has 3 heteroatoms. The van der Waals surface area contributed by atoms with Crippen LogP contribution in [0.2, 0.25) is 0 Å². The number of nitrogens with zero attached hydrogens (tertiary/aromatic N) is 1. The Morgan fingerprint density at radius 1 is 1.16 bits per heavy atom. The number of amides is 1. The van der Waals surface area contributed by atoms with Gasteiger partial charge in [0.25, 0.3) is 0 Å². The Hall–Kier alpha value is -0.570. The third-order valence-electron chi connectivity index (χ3n) is 5.26. The van der Waals surface area contributed by atoms with E-state index in [2.05, 4.69) is 17.1 Å². The van der Waals surface area contributed by atoms with Crippen molar-refractivity contribution in [1.82, 2.24) is 10.2 Å². The Kier molecular flexibility index (Phi) is 5.26. The van der Waals surface area contributed by atoms with Gasteiger partial charge in [0, 0.05) is 24.5 Å². The van der Waals surface area contributed by atoms with E-state index in [4.69, 9.17) is 0 Å². The van der Waals surface area contributed by atoms with Crippen molar-refractivity contribution < 1.29 is 4.79 Å². The molecule has 2 rings (SSSR count). The lowest BCUT2D eigenvalue weighted by Gasteiger charge is -2.39. The molecule has 2 fully saturated rings. The number of rotatable bonds is 5. The van der Waals surface area contributed by atoms with Crippen LogP contribution >= 0.6 is 0 Å². The van der Waals surface area contributed by atoms with Gasteiger partial charge in [-0.25, -0.2) is 0 Å². The summed E-state index contributed by atoms with van der Waals surface area (Å²) in [4.78, 5) is 14.8. The zero-order valence-electron chi connectivity index (χ0n) is 12.7. The van der Waals surface area contributed by atoms with E-state index >= 15 is 0 Å². The van der Waals surface area contributed by atoms with Gasteiger partial charge in [-0.15, -0.1) is 0 Å². The molecular weight excluding hydrogens is 236 g/mol. The van der Waals surface area contributed by atoms with Crippen molar-refractivity contribution in [3.05, 3.63) is 0 Å². The first-order valence-electron chi connectivity index (χ1n) is 8.19. The highest BCUT2D eigenvalue weighted by Gasteiger charge is 2.35. The first kappa shape index (κ1) is 14.8. The van der Waals surface area contributed by atoms with Crippen LogP contribution in [0.3, 0.4) is 0 Å². The van der Waals surface area contributed by atoms with Gasteiger partial charge in [0.2, 0.25) is 5.91 Å². The second kappa shape index (κ2) is 6.74. The molecular formula is C16H30N2O. The summed E-state index contributed by atoms with van der Waals surface area (Å²) in [6.45, 7) is 3.01. The lowest BCUT2D eigenvalue weighted by molar-refractivity contribution is -0.135. The van der Waals surface area contributed by atoms with E-state index < -0.39 is 0 Å². The third-order valence-corrected chi connectivity index (χ3v) is 5.26. The Balaban J connectivity index is 1.96. The minimum atomic E-state index is 0.0847. The summed E-state index contributed by atoms with van der Waals surface area (Å²) in [5.74, 6) is 0.380. The van der Waals surface area contributed by atoms with Gasteiger partial charge in [-0.1, -0.05) is 32.1 Å². The predicted octanol–water partition coefficient (Wildman–Crippen LogP) is 3.09. The number of hydrogen-bond acceptors (Lipinski definition) is 2. The van der Waals surface area contributed by atoms with Gasteiger partial charge in [-0.3, -0.25) is 4.79 Å². The summed E-state index contributed by atoms with van der Waals surface area (Å²) in [6.07, 6.45) is 11.9. The molecule has 2 aliphatic carbocycles. The molecule has 19 heavy (non-hydrogen) atoms. The summed E-state index contributed by atoms with van der Waals surface area (Å²) < 4.78 is 0. The summed E-state index contributed by atoms with van der Waals surface area (Å²) >= 11 is 0. The molecule has 0 spiro atoms. The Labute approximate surface area is 118 Å². The maximum atomic E-state index is 12.7. The molecule has 0 unspecified atom stereocenters. The molecule has 2 saturated carbocycles. The second-order valence-electron chi connectivity index (χ2n) is 6.39. The Morgan fingerprint density at radius 2 is 1.79 bits per heavy atom. The van der Waals surface area contributed by atoms with E-state index in [1.54, 1.807) is 0 Å². The Morgan fingerprint density at radius 3 is 2.32 bits per heavy atom. The number of carbonyl (C=O) groups is 1. The van der Waals surface area contributed by atoms with E-state index in [0.717, 1.165) is 19.4 Å². The molecule has 3 nitrogen and oxygen atoms in total. The topological polar surface area (TPSA) is 32.3 Å². The fourth-order valence-electron chi connectivity index (χ4n) is 3.99. The molecule has 1 N–H and O–H groups in total. The maximum Gasteiger partial charge on any atom is 0.224 e. The highest BCUT2D eigenvalue weighted by atomic mass is 16.2. The quantitative estimate of drug-likeness (QED) is 0.829. The van der Waals surface area contributed by atoms with Gasteiger partial charge in [-0.2, -0.15) is 0 Å². The molecule has 0 aliphatic heterocycles. The summed E-state index contributed by atoms with van der Waals surface area (Å²) in [7, 11) is 2.03. The molecule has 0 heterocycles. The molecule has 0 aromatic carbocycles. The SMILES string of the molecule is CCN(C(=O)CC1(NC)CCCCC1)C1CCCC1. The summed E-state index contributed by atoms with van der Waals surface area (Å²) in [6, 6.07) is 0.523. The minimum absolute atomic E-state index is 0.0847. The number of carbonyl (C=O) groups excluding carboxylic acids is 1. The van der Waals surface area contributed by atoms with Gasteiger partial charge >= 0.3 is 0 Å². The fraction of sp³-hybridized carbons (Fsp3) is 0.938. The van der Waals surface area contributed by atoms with Crippen LogP contribution in [0, 0.1) is 0 Å². The molecule has 1 amide bonds. The maximum absolute atomic E-state index is 12.7. The Bertz CT molecular complexity index is 291. The van der Waals surface area contributed by atoms with Crippen molar-refractivity contribution in [1.29, 1.82) is 0 Å². The summed E-state index contributed by atoms with van der Waals surface area (Å²) in [5.41, 5.74) is 0.0847. The van der Waals surface area contributed by atoms with Crippen LogP contribution < -0.4 is 5.32 Å². The van der Waals surface area contributed by atoms with E-state index in [-0.39, 0.29) is 5.54 Å². The lowest BCUT2D eigenvalue weighted by Crippen LogP contribution is -2.50. The number of nitrogens with one attached hydrogen (secondary N) is 1. The molecule has 2 aliphatic rings. The van der Waals surface area contributed by atoms with Gasteiger partial charge in [-0.05, 0) is 39.7 Å². The average Bonchev–Trinajstić information content (AvgIpc) is 2.94. The third kappa shape index (κ3) is 3.50. The molecule has 0 radical (unpaired) electrons. The van der Waals surface area contributed by atoms with Crippen molar-refractivity contribution in [3.8, 4) is 0 Å². The van der Waals surface area contributed by atoms with Crippen LogP contribution in [0.25, 0.3) is 0 Å². The highest BCUT2D eigenvalue weighted by molar-refractivity contribution is 5.78. The first-order chi connectivity index (χ1) is 9.21. The molecule has 0 atom stereocenters. The number of hydrogen-bond donors (Lipinski definition) is 1. The van der Waals surface area contributed by atoms with Crippen LogP contribution in [0.5, 0.6) is 0 Å². The second-order valence-corrected chi connectivity index (χ2v) is 6.39. The van der Waals surface area contributed by atoms with E-state index in [9.17, 15) is 4.79 Å². The normalized spacial score (nSPS) is 23.5. The van der Waals surface area contributed by atoms with E-state index in [1.807, 2.05) is 7.05 Å². The molecule has 0 saturated heterocycles. The monoisotopic (exact) mass is 266 g/mol. The van der Waals surface area contributed by atoms with Crippen molar-refractivity contribution in [2.45, 2.75) is 82.7 Å². The zero-order valence-corrected chi connectivity index (χ0v) is 12.7. The van der Waals surface area contributed by atoms with Crippen molar-refractivity contribution in [2.75, 3.05) is 13.6 Å². The smallest absolute Gasteiger partial charge is 0.224 e.